The van der Waals surface area contributed by atoms with Crippen molar-refractivity contribution in [3.8, 4) is 16.9 Å². The molecule has 0 fully saturated rings. The van der Waals surface area contributed by atoms with E-state index in [9.17, 15) is 4.79 Å². The Morgan fingerprint density at radius 3 is 2.48 bits per heavy atom. The third kappa shape index (κ3) is 2.16. The van der Waals surface area contributed by atoms with Crippen LogP contribution in [0.1, 0.15) is 10.4 Å². The van der Waals surface area contributed by atoms with Gasteiger partial charge in [0.25, 0.3) is 0 Å². The Hall–Kier alpha value is -3.14. The fraction of sp³-hybridized carbons (Fsp3) is 0.0526. The van der Waals surface area contributed by atoms with Gasteiger partial charge in [-0.25, -0.2) is 4.68 Å². The molecule has 0 unspecified atom stereocenters. The highest BCUT2D eigenvalue weighted by Gasteiger charge is 2.16. The molecule has 4 heteroatoms. The fourth-order valence-electron chi connectivity index (χ4n) is 2.93. The van der Waals surface area contributed by atoms with E-state index in [4.69, 9.17) is 0 Å². The van der Waals surface area contributed by atoms with E-state index in [1.165, 1.54) is 0 Å². The van der Waals surface area contributed by atoms with Gasteiger partial charge >= 0.3 is 0 Å². The summed E-state index contributed by atoms with van der Waals surface area (Å²) >= 11 is 0. The van der Waals surface area contributed by atoms with Crippen molar-refractivity contribution in [3.63, 3.8) is 0 Å². The molecular weight excluding hydrogens is 286 g/mol. The van der Waals surface area contributed by atoms with Gasteiger partial charge in [0.05, 0.1) is 11.3 Å². The van der Waals surface area contributed by atoms with E-state index in [1.807, 2.05) is 55.7 Å². The lowest BCUT2D eigenvalue weighted by Gasteiger charge is -1.99. The third-order valence-electron chi connectivity index (χ3n) is 4.04. The standard InChI is InChI=1S/C19H15N3O/c1-21-12-17(16-9-5-6-10-18(16)21)19-14(13-23)11-22(20-19)15-7-3-2-4-8-15/h2-13H,1H3. The maximum Gasteiger partial charge on any atom is 0.153 e. The minimum absolute atomic E-state index is 0.588. The molecule has 0 aliphatic rings. The van der Waals surface area contributed by atoms with Gasteiger partial charge < -0.3 is 4.57 Å². The molecule has 4 aromatic rings. The summed E-state index contributed by atoms with van der Waals surface area (Å²) in [6.07, 6.45) is 4.66. The third-order valence-corrected chi connectivity index (χ3v) is 4.04. The number of hydrogen-bond donors (Lipinski definition) is 0. The number of aldehydes is 1. The minimum atomic E-state index is 0.588. The van der Waals surface area contributed by atoms with Gasteiger partial charge in [0.2, 0.25) is 0 Å². The molecule has 2 aromatic carbocycles. The number of aryl methyl sites for hydroxylation is 1. The summed E-state index contributed by atoms with van der Waals surface area (Å²) in [6.45, 7) is 0. The summed E-state index contributed by atoms with van der Waals surface area (Å²) in [5, 5.41) is 5.75. The lowest BCUT2D eigenvalue weighted by atomic mass is 10.1. The van der Waals surface area contributed by atoms with Crippen molar-refractivity contribution >= 4 is 17.2 Å². The molecular formula is C19H15N3O. The monoisotopic (exact) mass is 301 g/mol. The number of fused-ring (bicyclic) bond motifs is 1. The summed E-state index contributed by atoms with van der Waals surface area (Å²) in [6, 6.07) is 17.9. The lowest BCUT2D eigenvalue weighted by Crippen LogP contribution is -1.93. The maximum atomic E-state index is 11.5. The Morgan fingerprint density at radius 2 is 1.70 bits per heavy atom. The molecule has 112 valence electrons. The Bertz CT molecular complexity index is 996. The summed E-state index contributed by atoms with van der Waals surface area (Å²) in [7, 11) is 2.00. The van der Waals surface area contributed by atoms with Crippen LogP contribution in [-0.2, 0) is 7.05 Å². The summed E-state index contributed by atoms with van der Waals surface area (Å²) in [5.41, 5.74) is 4.32. The van der Waals surface area contributed by atoms with Crippen LogP contribution >= 0.6 is 0 Å². The number of carbonyl (C=O) groups excluding carboxylic acids is 1. The number of rotatable bonds is 3. The highest BCUT2D eigenvalue weighted by molar-refractivity contribution is 5.99. The first-order valence-electron chi connectivity index (χ1n) is 7.42. The first-order valence-corrected chi connectivity index (χ1v) is 7.42. The molecule has 0 spiro atoms. The quantitative estimate of drug-likeness (QED) is 0.539. The second-order valence-corrected chi connectivity index (χ2v) is 5.50. The van der Waals surface area contributed by atoms with Crippen LogP contribution < -0.4 is 0 Å². The molecule has 0 bridgehead atoms. The number of nitrogens with zero attached hydrogens (tertiary/aromatic N) is 3. The van der Waals surface area contributed by atoms with E-state index < -0.39 is 0 Å². The van der Waals surface area contributed by atoms with Gasteiger partial charge in [-0.15, -0.1) is 0 Å². The number of para-hydroxylation sites is 2. The first-order chi connectivity index (χ1) is 11.3. The second kappa shape index (κ2) is 5.25. The number of benzene rings is 2. The predicted octanol–water partition coefficient (Wildman–Crippen LogP) is 3.84. The predicted molar refractivity (Wildman–Crippen MR) is 90.9 cm³/mol. The number of carbonyl (C=O) groups is 1. The number of hydrogen-bond acceptors (Lipinski definition) is 2. The second-order valence-electron chi connectivity index (χ2n) is 5.50. The highest BCUT2D eigenvalue weighted by atomic mass is 16.1. The van der Waals surface area contributed by atoms with Crippen LogP contribution in [0, 0.1) is 0 Å². The lowest BCUT2D eigenvalue weighted by molar-refractivity contribution is 0.112. The van der Waals surface area contributed by atoms with E-state index in [0.29, 0.717) is 11.3 Å². The summed E-state index contributed by atoms with van der Waals surface area (Å²) < 4.78 is 3.81. The van der Waals surface area contributed by atoms with Crippen LogP contribution in [0.25, 0.3) is 27.8 Å². The fourth-order valence-corrected chi connectivity index (χ4v) is 2.93. The molecule has 0 saturated carbocycles. The molecule has 2 aromatic heterocycles. The molecule has 0 radical (unpaired) electrons. The zero-order valence-electron chi connectivity index (χ0n) is 12.7. The highest BCUT2D eigenvalue weighted by Crippen LogP contribution is 2.31. The average molecular weight is 301 g/mol. The molecule has 0 N–H and O–H groups in total. The Labute approximate surface area is 133 Å². The van der Waals surface area contributed by atoms with Crippen molar-refractivity contribution in [1.82, 2.24) is 14.3 Å². The van der Waals surface area contributed by atoms with Gasteiger partial charge in [0, 0.05) is 35.9 Å². The van der Waals surface area contributed by atoms with Crippen LogP contribution in [-0.4, -0.2) is 20.6 Å². The molecule has 2 heterocycles. The van der Waals surface area contributed by atoms with Gasteiger partial charge in [0.1, 0.15) is 5.69 Å². The van der Waals surface area contributed by atoms with Crippen molar-refractivity contribution in [3.05, 3.63) is 72.6 Å². The largest absolute Gasteiger partial charge is 0.350 e. The molecule has 0 atom stereocenters. The van der Waals surface area contributed by atoms with E-state index in [-0.39, 0.29) is 0 Å². The van der Waals surface area contributed by atoms with E-state index >= 15 is 0 Å². The minimum Gasteiger partial charge on any atom is -0.350 e. The Balaban J connectivity index is 1.95. The summed E-state index contributed by atoms with van der Waals surface area (Å²) in [4.78, 5) is 11.5. The van der Waals surface area contributed by atoms with Crippen molar-refractivity contribution in [2.75, 3.05) is 0 Å². The average Bonchev–Trinajstić information content (AvgIpc) is 3.17. The van der Waals surface area contributed by atoms with Gasteiger partial charge in [-0.1, -0.05) is 36.4 Å². The van der Waals surface area contributed by atoms with E-state index in [0.717, 1.165) is 28.4 Å². The van der Waals surface area contributed by atoms with Crippen LogP contribution in [0.4, 0.5) is 0 Å². The van der Waals surface area contributed by atoms with E-state index in [2.05, 4.69) is 21.8 Å². The van der Waals surface area contributed by atoms with Gasteiger partial charge in [0.15, 0.2) is 6.29 Å². The Kier molecular flexibility index (Phi) is 3.08. The van der Waals surface area contributed by atoms with Crippen LogP contribution in [0.15, 0.2) is 67.0 Å². The molecule has 0 aliphatic carbocycles. The van der Waals surface area contributed by atoms with Crippen molar-refractivity contribution in [1.29, 1.82) is 0 Å². The van der Waals surface area contributed by atoms with Crippen molar-refractivity contribution in [2.24, 2.45) is 7.05 Å². The first kappa shape index (κ1) is 13.5. The molecule has 4 nitrogen and oxygen atoms in total. The normalized spacial score (nSPS) is 11.0. The molecule has 0 aliphatic heterocycles. The molecule has 4 rings (SSSR count). The Morgan fingerprint density at radius 1 is 0.957 bits per heavy atom. The molecule has 0 amide bonds. The van der Waals surface area contributed by atoms with E-state index in [1.54, 1.807) is 10.9 Å². The SMILES string of the molecule is Cn1cc(-c2nn(-c3ccccc3)cc2C=O)c2ccccc21. The number of aromatic nitrogens is 3. The van der Waals surface area contributed by atoms with Crippen LogP contribution in [0.2, 0.25) is 0 Å². The van der Waals surface area contributed by atoms with Gasteiger partial charge in [-0.2, -0.15) is 5.10 Å². The smallest absolute Gasteiger partial charge is 0.153 e. The van der Waals surface area contributed by atoms with Crippen LogP contribution in [0.3, 0.4) is 0 Å². The topological polar surface area (TPSA) is 39.8 Å². The van der Waals surface area contributed by atoms with Crippen molar-refractivity contribution < 1.29 is 4.79 Å². The zero-order valence-corrected chi connectivity index (χ0v) is 12.7. The zero-order chi connectivity index (χ0) is 15.8. The van der Waals surface area contributed by atoms with Crippen molar-refractivity contribution in [2.45, 2.75) is 0 Å². The van der Waals surface area contributed by atoms with Gasteiger partial charge in [-0.3, -0.25) is 4.79 Å². The molecule has 23 heavy (non-hydrogen) atoms. The maximum absolute atomic E-state index is 11.5. The summed E-state index contributed by atoms with van der Waals surface area (Å²) in [5.74, 6) is 0. The van der Waals surface area contributed by atoms with Gasteiger partial charge in [-0.05, 0) is 18.2 Å². The molecule has 0 saturated heterocycles. The van der Waals surface area contributed by atoms with Crippen LogP contribution in [0.5, 0.6) is 0 Å².